The Morgan fingerprint density at radius 1 is 1.09 bits per heavy atom. The van der Waals surface area contributed by atoms with Crippen LogP contribution in [0.15, 0.2) is 30.9 Å². The van der Waals surface area contributed by atoms with Crippen molar-refractivity contribution in [2.45, 2.75) is 19.2 Å². The molecule has 120 valence electrons. The number of rotatable bonds is 6. The highest BCUT2D eigenvalue weighted by Crippen LogP contribution is 2.07. The van der Waals surface area contributed by atoms with Crippen LogP contribution in [-0.4, -0.2) is 73.1 Å². The fourth-order valence-electron chi connectivity index (χ4n) is 2.86. The third-order valence-corrected chi connectivity index (χ3v) is 4.18. The summed E-state index contributed by atoms with van der Waals surface area (Å²) < 4.78 is 3.85. The van der Waals surface area contributed by atoms with E-state index < -0.39 is 0 Å². The monoisotopic (exact) mass is 304 g/mol. The van der Waals surface area contributed by atoms with Crippen molar-refractivity contribution in [1.82, 2.24) is 29.1 Å². The molecule has 0 unspecified atom stereocenters. The van der Waals surface area contributed by atoms with Crippen molar-refractivity contribution >= 4 is 0 Å². The van der Waals surface area contributed by atoms with Crippen molar-refractivity contribution in [2.75, 3.05) is 32.7 Å². The van der Waals surface area contributed by atoms with Crippen LogP contribution in [-0.2, 0) is 20.1 Å². The Kier molecular flexibility index (Phi) is 4.87. The Morgan fingerprint density at radius 3 is 2.50 bits per heavy atom. The fraction of sp³-hybridized carbons (Fsp3) is 0.600. The second kappa shape index (κ2) is 7.04. The quantitative estimate of drug-likeness (QED) is 0.800. The zero-order valence-electron chi connectivity index (χ0n) is 13.0. The highest BCUT2D eigenvalue weighted by molar-refractivity contribution is 4.91. The molecule has 1 atom stereocenters. The number of hydrogen-bond donors (Lipinski definition) is 1. The molecular weight excluding hydrogens is 280 g/mol. The van der Waals surface area contributed by atoms with Gasteiger partial charge in [0.15, 0.2) is 0 Å². The fourth-order valence-corrected chi connectivity index (χ4v) is 2.86. The molecule has 2 aromatic heterocycles. The number of aliphatic hydroxyl groups is 1. The predicted molar refractivity (Wildman–Crippen MR) is 83.2 cm³/mol. The maximum atomic E-state index is 10.2. The van der Waals surface area contributed by atoms with Crippen molar-refractivity contribution in [2.24, 2.45) is 7.05 Å². The molecular formula is C15H24N6O. The van der Waals surface area contributed by atoms with Crippen LogP contribution in [0.5, 0.6) is 0 Å². The number of nitrogens with zero attached hydrogens (tertiary/aromatic N) is 6. The van der Waals surface area contributed by atoms with Crippen molar-refractivity contribution in [1.29, 1.82) is 0 Å². The summed E-state index contributed by atoms with van der Waals surface area (Å²) in [5.41, 5.74) is 0. The first kappa shape index (κ1) is 15.2. The van der Waals surface area contributed by atoms with Gasteiger partial charge in [-0.3, -0.25) is 14.5 Å². The molecule has 3 heterocycles. The van der Waals surface area contributed by atoms with Gasteiger partial charge in [-0.15, -0.1) is 0 Å². The summed E-state index contributed by atoms with van der Waals surface area (Å²) in [5.74, 6) is 1.10. The molecule has 0 radical (unpaired) electrons. The molecule has 0 saturated carbocycles. The summed E-state index contributed by atoms with van der Waals surface area (Å²) in [6, 6.07) is 1.88. The summed E-state index contributed by atoms with van der Waals surface area (Å²) in [6.07, 6.45) is 7.08. The highest BCUT2D eigenvalue weighted by atomic mass is 16.3. The molecule has 1 saturated heterocycles. The number of β-amino-alcohol motifs (C(OH)–C–C–N with tert-alkyl or cyclic N) is 1. The first-order valence-electron chi connectivity index (χ1n) is 7.77. The lowest BCUT2D eigenvalue weighted by atomic mass is 10.2. The van der Waals surface area contributed by atoms with Gasteiger partial charge in [0.25, 0.3) is 0 Å². The smallest absolute Gasteiger partial charge is 0.122 e. The van der Waals surface area contributed by atoms with E-state index >= 15 is 0 Å². The average Bonchev–Trinajstić information content (AvgIpc) is 3.14. The van der Waals surface area contributed by atoms with Crippen LogP contribution in [0, 0.1) is 0 Å². The van der Waals surface area contributed by atoms with Crippen LogP contribution in [0.3, 0.4) is 0 Å². The molecule has 3 rings (SSSR count). The van der Waals surface area contributed by atoms with Crippen LogP contribution in [0.1, 0.15) is 5.82 Å². The molecule has 0 aliphatic carbocycles. The first-order chi connectivity index (χ1) is 10.7. The molecule has 22 heavy (non-hydrogen) atoms. The van der Waals surface area contributed by atoms with E-state index in [0.29, 0.717) is 13.1 Å². The standard InChI is InChI=1S/C15H24N6O/c1-18-6-4-16-15(18)13-20-9-7-19(8-10-20)11-14(22)12-21-5-2-3-17-21/h2-6,14,22H,7-13H2,1H3/t14-/m1/s1. The lowest BCUT2D eigenvalue weighted by molar-refractivity contribution is 0.0596. The van der Waals surface area contributed by atoms with Gasteiger partial charge in [-0.05, 0) is 6.07 Å². The van der Waals surface area contributed by atoms with Gasteiger partial charge in [0, 0.05) is 64.6 Å². The van der Waals surface area contributed by atoms with E-state index in [4.69, 9.17) is 0 Å². The Labute approximate surface area is 130 Å². The molecule has 1 aliphatic rings. The van der Waals surface area contributed by atoms with Gasteiger partial charge in [0.2, 0.25) is 0 Å². The minimum Gasteiger partial charge on any atom is -0.390 e. The van der Waals surface area contributed by atoms with E-state index in [-0.39, 0.29) is 6.10 Å². The van der Waals surface area contributed by atoms with Gasteiger partial charge < -0.3 is 9.67 Å². The van der Waals surface area contributed by atoms with Crippen molar-refractivity contribution in [3.8, 4) is 0 Å². The molecule has 7 heteroatoms. The predicted octanol–water partition coefficient (Wildman–Crippen LogP) is -0.205. The summed E-state index contributed by atoms with van der Waals surface area (Å²) >= 11 is 0. The van der Waals surface area contributed by atoms with Crippen LogP contribution >= 0.6 is 0 Å². The number of aliphatic hydroxyl groups excluding tert-OH is 1. The first-order valence-corrected chi connectivity index (χ1v) is 7.77. The number of piperazine rings is 1. The van der Waals surface area contributed by atoms with Crippen LogP contribution < -0.4 is 0 Å². The lowest BCUT2D eigenvalue weighted by Gasteiger charge is -2.35. The molecule has 0 spiro atoms. The van der Waals surface area contributed by atoms with E-state index in [0.717, 1.165) is 38.5 Å². The summed E-state index contributed by atoms with van der Waals surface area (Å²) in [4.78, 5) is 9.11. The van der Waals surface area contributed by atoms with Crippen molar-refractivity contribution in [3.05, 3.63) is 36.7 Å². The molecule has 2 aromatic rings. The van der Waals surface area contributed by atoms with Gasteiger partial charge in [-0.2, -0.15) is 5.10 Å². The lowest BCUT2D eigenvalue weighted by Crippen LogP contribution is -2.48. The second-order valence-electron chi connectivity index (χ2n) is 5.91. The maximum absolute atomic E-state index is 10.2. The van der Waals surface area contributed by atoms with Crippen LogP contribution in [0.4, 0.5) is 0 Å². The Morgan fingerprint density at radius 2 is 1.86 bits per heavy atom. The number of aromatic nitrogens is 4. The summed E-state index contributed by atoms with van der Waals surface area (Å²) in [6.45, 7) is 6.16. The topological polar surface area (TPSA) is 62.4 Å². The number of hydrogen-bond acceptors (Lipinski definition) is 5. The Bertz CT molecular complexity index is 558. The van der Waals surface area contributed by atoms with Crippen LogP contribution in [0.25, 0.3) is 0 Å². The molecule has 1 fully saturated rings. The highest BCUT2D eigenvalue weighted by Gasteiger charge is 2.20. The van der Waals surface area contributed by atoms with Gasteiger partial charge in [0.05, 0.1) is 19.2 Å². The van der Waals surface area contributed by atoms with E-state index in [9.17, 15) is 5.11 Å². The average molecular weight is 304 g/mol. The SMILES string of the molecule is Cn1ccnc1CN1CCN(C[C@@H](O)Cn2cccn2)CC1. The number of aryl methyl sites for hydroxylation is 1. The van der Waals surface area contributed by atoms with E-state index in [1.807, 2.05) is 31.7 Å². The van der Waals surface area contributed by atoms with Crippen molar-refractivity contribution < 1.29 is 5.11 Å². The van der Waals surface area contributed by atoms with E-state index in [1.54, 1.807) is 10.9 Å². The van der Waals surface area contributed by atoms with Crippen LogP contribution in [0.2, 0.25) is 0 Å². The van der Waals surface area contributed by atoms with E-state index in [2.05, 4.69) is 24.4 Å². The van der Waals surface area contributed by atoms with Gasteiger partial charge in [-0.25, -0.2) is 4.98 Å². The van der Waals surface area contributed by atoms with Gasteiger partial charge >= 0.3 is 0 Å². The number of imidazole rings is 1. The van der Waals surface area contributed by atoms with Gasteiger partial charge in [-0.1, -0.05) is 0 Å². The zero-order chi connectivity index (χ0) is 15.4. The summed E-state index contributed by atoms with van der Waals surface area (Å²) in [5, 5.41) is 14.3. The molecule has 1 aliphatic heterocycles. The van der Waals surface area contributed by atoms with Crippen molar-refractivity contribution in [3.63, 3.8) is 0 Å². The minimum atomic E-state index is -0.374. The third kappa shape index (κ3) is 3.94. The Hall–Kier alpha value is -1.70. The second-order valence-corrected chi connectivity index (χ2v) is 5.91. The normalized spacial score (nSPS) is 18.6. The van der Waals surface area contributed by atoms with E-state index in [1.165, 1.54) is 0 Å². The molecule has 1 N–H and O–H groups in total. The third-order valence-electron chi connectivity index (χ3n) is 4.18. The molecule has 0 amide bonds. The maximum Gasteiger partial charge on any atom is 0.122 e. The minimum absolute atomic E-state index is 0.374. The summed E-state index contributed by atoms with van der Waals surface area (Å²) in [7, 11) is 2.03. The molecule has 0 bridgehead atoms. The molecule has 7 nitrogen and oxygen atoms in total. The molecule has 0 aromatic carbocycles. The zero-order valence-corrected chi connectivity index (χ0v) is 13.0. The van der Waals surface area contributed by atoms with Gasteiger partial charge in [0.1, 0.15) is 5.82 Å². The largest absolute Gasteiger partial charge is 0.390 e. The Balaban J connectivity index is 1.41.